The van der Waals surface area contributed by atoms with E-state index in [4.69, 9.17) is 19.7 Å². The fourth-order valence-corrected chi connectivity index (χ4v) is 4.53. The van der Waals surface area contributed by atoms with Gasteiger partial charge in [0.05, 0.1) is 19.5 Å². The van der Waals surface area contributed by atoms with Crippen LogP contribution in [-0.2, 0) is 4.74 Å². The van der Waals surface area contributed by atoms with Crippen LogP contribution < -0.4 is 10.6 Å². The highest BCUT2D eigenvalue weighted by atomic mass is 16.5. The lowest BCUT2D eigenvalue weighted by Gasteiger charge is -2.26. The summed E-state index contributed by atoms with van der Waals surface area (Å²) in [5.74, 6) is 1.40. The van der Waals surface area contributed by atoms with E-state index < -0.39 is 0 Å². The summed E-state index contributed by atoms with van der Waals surface area (Å²) in [6.45, 7) is 5.37. The number of benzene rings is 1. The maximum Gasteiger partial charge on any atom is 0.231 e. The average Bonchev–Trinajstić information content (AvgIpc) is 3.25. The van der Waals surface area contributed by atoms with Crippen LogP contribution in [0.25, 0.3) is 11.2 Å². The molecule has 1 saturated heterocycles. The molecular formula is C23H31N7O. The van der Waals surface area contributed by atoms with E-state index in [9.17, 15) is 0 Å². The first-order chi connectivity index (χ1) is 15.4. The van der Waals surface area contributed by atoms with Crippen molar-refractivity contribution >= 4 is 28.6 Å². The second-order valence-corrected chi connectivity index (χ2v) is 8.38. The molecule has 8 nitrogen and oxygen atoms in total. The number of nitrogens with zero attached hydrogens (tertiary/aromatic N) is 5. The Kier molecular flexibility index (Phi) is 6.27. The maximum absolute atomic E-state index is 5.45. The Morgan fingerprint density at radius 1 is 1.00 bits per heavy atom. The molecule has 3 aromatic rings. The average molecular weight is 422 g/mol. The molecular weight excluding hydrogens is 390 g/mol. The summed E-state index contributed by atoms with van der Waals surface area (Å²) < 4.78 is 7.71. The topological polar surface area (TPSA) is 80.1 Å². The Morgan fingerprint density at radius 3 is 2.61 bits per heavy atom. The number of hydrogen-bond acceptors (Lipinski definition) is 7. The maximum atomic E-state index is 5.45. The number of nitrogens with one attached hydrogen (secondary N) is 2. The molecule has 0 bridgehead atoms. The number of ether oxygens (including phenoxy) is 1. The van der Waals surface area contributed by atoms with Gasteiger partial charge in [0.15, 0.2) is 17.0 Å². The summed E-state index contributed by atoms with van der Waals surface area (Å²) in [6, 6.07) is 10.5. The summed E-state index contributed by atoms with van der Waals surface area (Å²) >= 11 is 0. The summed E-state index contributed by atoms with van der Waals surface area (Å²) in [7, 11) is 0. The van der Waals surface area contributed by atoms with Crippen molar-refractivity contribution in [3.8, 4) is 0 Å². The minimum atomic E-state index is 0.472. The van der Waals surface area contributed by atoms with Crippen LogP contribution in [0.5, 0.6) is 0 Å². The highest BCUT2D eigenvalue weighted by Crippen LogP contribution is 2.32. The van der Waals surface area contributed by atoms with E-state index in [0.29, 0.717) is 12.0 Å². The third-order valence-corrected chi connectivity index (χ3v) is 6.24. The van der Waals surface area contributed by atoms with E-state index >= 15 is 0 Å². The number of morpholine rings is 1. The first kappa shape index (κ1) is 20.2. The zero-order valence-electron chi connectivity index (χ0n) is 18.0. The lowest BCUT2D eigenvalue weighted by Crippen LogP contribution is -2.39. The van der Waals surface area contributed by atoms with Crippen molar-refractivity contribution in [1.29, 1.82) is 0 Å². The summed E-state index contributed by atoms with van der Waals surface area (Å²) in [5.41, 5.74) is 2.74. The molecule has 0 spiro atoms. The minimum absolute atomic E-state index is 0.472. The molecule has 0 radical (unpaired) electrons. The molecule has 5 rings (SSSR count). The van der Waals surface area contributed by atoms with Crippen molar-refractivity contribution in [3.05, 3.63) is 36.7 Å². The quantitative estimate of drug-likeness (QED) is 0.600. The van der Waals surface area contributed by atoms with Crippen LogP contribution in [0.15, 0.2) is 36.7 Å². The number of fused-ring (bicyclic) bond motifs is 1. The molecule has 1 aliphatic carbocycles. The zero-order valence-corrected chi connectivity index (χ0v) is 18.0. The second-order valence-electron chi connectivity index (χ2n) is 8.38. The van der Waals surface area contributed by atoms with Gasteiger partial charge in [-0.25, -0.2) is 4.98 Å². The summed E-state index contributed by atoms with van der Waals surface area (Å²) in [5, 5.41) is 6.89. The van der Waals surface area contributed by atoms with Gasteiger partial charge in [-0.3, -0.25) is 4.90 Å². The van der Waals surface area contributed by atoms with Gasteiger partial charge in [0.2, 0.25) is 5.95 Å². The first-order valence-corrected chi connectivity index (χ1v) is 11.5. The monoisotopic (exact) mass is 421 g/mol. The zero-order chi connectivity index (χ0) is 20.9. The molecule has 0 atom stereocenters. The predicted molar refractivity (Wildman–Crippen MR) is 123 cm³/mol. The molecule has 2 aromatic heterocycles. The van der Waals surface area contributed by atoms with Crippen molar-refractivity contribution in [1.82, 2.24) is 24.4 Å². The molecule has 8 heteroatoms. The molecule has 2 fully saturated rings. The van der Waals surface area contributed by atoms with Crippen LogP contribution >= 0.6 is 0 Å². The van der Waals surface area contributed by atoms with Gasteiger partial charge in [-0.2, -0.15) is 9.97 Å². The fraction of sp³-hybridized carbons (Fsp3) is 0.522. The molecule has 3 heterocycles. The molecule has 0 amide bonds. The highest BCUT2D eigenvalue weighted by Gasteiger charge is 2.21. The van der Waals surface area contributed by atoms with Gasteiger partial charge in [0.1, 0.15) is 0 Å². The van der Waals surface area contributed by atoms with E-state index in [0.717, 1.165) is 62.1 Å². The molecule has 1 aromatic carbocycles. The SMILES string of the molecule is c1ccc(Nc2nc(NCCN3CCOCC3)c3ncn(C4CCCCC4)c3n2)cc1. The molecule has 164 valence electrons. The Hall–Kier alpha value is -2.71. The minimum Gasteiger partial charge on any atom is -0.379 e. The number of imidazole rings is 1. The van der Waals surface area contributed by atoms with Crippen LogP contribution in [0, 0.1) is 0 Å². The third kappa shape index (κ3) is 4.80. The molecule has 1 aliphatic heterocycles. The number of para-hydroxylation sites is 1. The fourth-order valence-electron chi connectivity index (χ4n) is 4.53. The Labute approximate surface area is 183 Å². The van der Waals surface area contributed by atoms with Crippen LogP contribution in [0.3, 0.4) is 0 Å². The van der Waals surface area contributed by atoms with Crippen LogP contribution in [0.4, 0.5) is 17.5 Å². The molecule has 2 aliphatic rings. The molecule has 31 heavy (non-hydrogen) atoms. The van der Waals surface area contributed by atoms with Crippen molar-refractivity contribution in [2.45, 2.75) is 38.1 Å². The van der Waals surface area contributed by atoms with Gasteiger partial charge in [0, 0.05) is 37.9 Å². The normalized spacial score (nSPS) is 18.3. The lowest BCUT2D eigenvalue weighted by atomic mass is 9.95. The van der Waals surface area contributed by atoms with Crippen LogP contribution in [0.2, 0.25) is 0 Å². The summed E-state index contributed by atoms with van der Waals surface area (Å²) in [4.78, 5) is 16.8. The van der Waals surface area contributed by atoms with E-state index in [1.54, 1.807) is 0 Å². The van der Waals surface area contributed by atoms with E-state index in [-0.39, 0.29) is 0 Å². The van der Waals surface area contributed by atoms with Gasteiger partial charge < -0.3 is 19.9 Å². The number of hydrogen-bond donors (Lipinski definition) is 2. The van der Waals surface area contributed by atoms with Crippen molar-refractivity contribution < 1.29 is 4.74 Å². The molecule has 1 saturated carbocycles. The van der Waals surface area contributed by atoms with Crippen LogP contribution in [0.1, 0.15) is 38.1 Å². The van der Waals surface area contributed by atoms with Gasteiger partial charge >= 0.3 is 0 Å². The molecule has 0 unspecified atom stereocenters. The van der Waals surface area contributed by atoms with E-state index in [1.807, 2.05) is 36.7 Å². The second kappa shape index (κ2) is 9.62. The van der Waals surface area contributed by atoms with Gasteiger partial charge in [-0.1, -0.05) is 37.5 Å². The standard InChI is InChI=1S/C23H31N7O/c1-3-7-18(8-4-1)26-23-27-21(24-11-12-29-13-15-31-16-14-29)20-22(28-23)30(17-25-20)19-9-5-2-6-10-19/h1,3-4,7-8,17,19H,2,5-6,9-16H2,(H2,24,26,27,28). The first-order valence-electron chi connectivity index (χ1n) is 11.5. The Bertz CT molecular complexity index is 978. The van der Waals surface area contributed by atoms with Crippen molar-refractivity contribution in [2.24, 2.45) is 0 Å². The van der Waals surface area contributed by atoms with Gasteiger partial charge in [-0.15, -0.1) is 0 Å². The highest BCUT2D eigenvalue weighted by molar-refractivity contribution is 5.84. The number of aromatic nitrogens is 4. The molecule has 2 N–H and O–H groups in total. The van der Waals surface area contributed by atoms with Crippen molar-refractivity contribution in [3.63, 3.8) is 0 Å². The predicted octanol–water partition coefficient (Wildman–Crippen LogP) is 3.82. The van der Waals surface area contributed by atoms with E-state index in [2.05, 4.69) is 20.1 Å². The van der Waals surface area contributed by atoms with Crippen molar-refractivity contribution in [2.75, 3.05) is 50.0 Å². The lowest BCUT2D eigenvalue weighted by molar-refractivity contribution is 0.0398. The summed E-state index contributed by atoms with van der Waals surface area (Å²) in [6.07, 6.45) is 8.21. The number of anilines is 3. The largest absolute Gasteiger partial charge is 0.379 e. The third-order valence-electron chi connectivity index (χ3n) is 6.24. The van der Waals surface area contributed by atoms with E-state index in [1.165, 1.54) is 32.1 Å². The van der Waals surface area contributed by atoms with Crippen LogP contribution in [-0.4, -0.2) is 63.8 Å². The smallest absolute Gasteiger partial charge is 0.231 e. The Morgan fingerprint density at radius 2 is 1.81 bits per heavy atom. The number of rotatable bonds is 7. The Balaban J connectivity index is 1.41. The van der Waals surface area contributed by atoms with Gasteiger partial charge in [-0.05, 0) is 25.0 Å². The van der Waals surface area contributed by atoms with Gasteiger partial charge in [0.25, 0.3) is 0 Å².